The Kier molecular flexibility index (Phi) is 3.77. The average molecular weight is 233 g/mol. The van der Waals surface area contributed by atoms with Gasteiger partial charge in [-0.25, -0.2) is 4.98 Å². The molecule has 1 saturated carbocycles. The highest BCUT2D eigenvalue weighted by Gasteiger charge is 2.28. The number of carbonyl (C=O) groups is 1. The monoisotopic (exact) mass is 233 g/mol. The molecule has 0 amide bonds. The Hall–Kier alpha value is -1.38. The molecule has 2 rings (SSSR count). The molecule has 3 heteroatoms. The van der Waals surface area contributed by atoms with Crippen LogP contribution in [-0.2, 0) is 0 Å². The van der Waals surface area contributed by atoms with Gasteiger partial charge < -0.3 is 4.74 Å². The number of ketones is 1. The van der Waals surface area contributed by atoms with Gasteiger partial charge >= 0.3 is 0 Å². The molecule has 1 aromatic heterocycles. The van der Waals surface area contributed by atoms with Crippen molar-refractivity contribution in [3.8, 4) is 5.75 Å². The Labute approximate surface area is 102 Å². The lowest BCUT2D eigenvalue weighted by Gasteiger charge is -2.25. The molecule has 3 nitrogen and oxygen atoms in total. The molecule has 0 spiro atoms. The van der Waals surface area contributed by atoms with E-state index in [1.165, 1.54) is 6.42 Å². The number of pyridine rings is 1. The summed E-state index contributed by atoms with van der Waals surface area (Å²) in [6.45, 7) is 2.22. The number of Topliss-reactive ketones (excluding diaryl/α,β-unsaturated/α-hetero) is 1. The smallest absolute Gasteiger partial charge is 0.188 e. The minimum Gasteiger partial charge on any atom is -0.494 e. The standard InChI is InChI=1S/C14H19NO2/c1-10-5-3-6-11(9-10)14(16)13-12(17-2)7-4-8-15-13/h4,7-8,10-11H,3,5-6,9H2,1-2H3. The zero-order valence-electron chi connectivity index (χ0n) is 10.5. The molecule has 17 heavy (non-hydrogen) atoms. The van der Waals surface area contributed by atoms with E-state index >= 15 is 0 Å². The van der Waals surface area contributed by atoms with Crippen LogP contribution >= 0.6 is 0 Å². The highest BCUT2D eigenvalue weighted by molar-refractivity contribution is 5.98. The summed E-state index contributed by atoms with van der Waals surface area (Å²) < 4.78 is 5.20. The third-order valence-corrected chi connectivity index (χ3v) is 3.53. The van der Waals surface area contributed by atoms with E-state index in [1.807, 2.05) is 0 Å². The van der Waals surface area contributed by atoms with E-state index in [2.05, 4.69) is 11.9 Å². The normalized spacial score (nSPS) is 24.4. The zero-order chi connectivity index (χ0) is 12.3. The van der Waals surface area contributed by atoms with Gasteiger partial charge in [0.15, 0.2) is 5.78 Å². The van der Waals surface area contributed by atoms with Gasteiger partial charge in [-0.1, -0.05) is 19.8 Å². The molecule has 1 fully saturated rings. The first-order valence-corrected chi connectivity index (χ1v) is 6.25. The van der Waals surface area contributed by atoms with Gasteiger partial charge in [0.2, 0.25) is 0 Å². The van der Waals surface area contributed by atoms with E-state index in [0.29, 0.717) is 17.4 Å². The Morgan fingerprint density at radius 3 is 3.00 bits per heavy atom. The maximum atomic E-state index is 12.4. The maximum absolute atomic E-state index is 12.4. The molecule has 0 bridgehead atoms. The third-order valence-electron chi connectivity index (χ3n) is 3.53. The van der Waals surface area contributed by atoms with Crippen LogP contribution in [-0.4, -0.2) is 17.9 Å². The van der Waals surface area contributed by atoms with E-state index in [0.717, 1.165) is 19.3 Å². The fourth-order valence-electron chi connectivity index (χ4n) is 2.61. The number of rotatable bonds is 3. The van der Waals surface area contributed by atoms with Crippen molar-refractivity contribution >= 4 is 5.78 Å². The summed E-state index contributed by atoms with van der Waals surface area (Å²) in [4.78, 5) is 16.6. The van der Waals surface area contributed by atoms with Crippen molar-refractivity contribution in [1.29, 1.82) is 0 Å². The second-order valence-corrected chi connectivity index (χ2v) is 4.89. The van der Waals surface area contributed by atoms with Crippen molar-refractivity contribution in [3.05, 3.63) is 24.0 Å². The Bertz CT molecular complexity index is 403. The molecule has 92 valence electrons. The van der Waals surface area contributed by atoms with Crippen molar-refractivity contribution in [1.82, 2.24) is 4.98 Å². The number of aromatic nitrogens is 1. The van der Waals surface area contributed by atoms with Crippen molar-refractivity contribution in [2.45, 2.75) is 32.6 Å². The van der Waals surface area contributed by atoms with Gasteiger partial charge in [-0.2, -0.15) is 0 Å². The Balaban J connectivity index is 2.18. The van der Waals surface area contributed by atoms with Crippen LogP contribution < -0.4 is 4.74 Å². The zero-order valence-corrected chi connectivity index (χ0v) is 10.5. The molecular weight excluding hydrogens is 214 g/mol. The number of carbonyl (C=O) groups excluding carboxylic acids is 1. The molecule has 0 saturated heterocycles. The molecule has 1 aromatic rings. The minimum absolute atomic E-state index is 0.127. The van der Waals surface area contributed by atoms with Crippen molar-refractivity contribution in [3.63, 3.8) is 0 Å². The van der Waals surface area contributed by atoms with Crippen molar-refractivity contribution in [2.75, 3.05) is 7.11 Å². The summed E-state index contributed by atoms with van der Waals surface area (Å²) >= 11 is 0. The molecular formula is C14H19NO2. The number of hydrogen-bond donors (Lipinski definition) is 0. The molecule has 0 radical (unpaired) electrons. The predicted molar refractivity (Wildman–Crippen MR) is 66.2 cm³/mol. The molecule has 0 aromatic carbocycles. The second kappa shape index (κ2) is 5.30. The first-order valence-electron chi connectivity index (χ1n) is 6.25. The highest BCUT2D eigenvalue weighted by Crippen LogP contribution is 2.32. The number of ether oxygens (including phenoxy) is 1. The quantitative estimate of drug-likeness (QED) is 0.753. The summed E-state index contributed by atoms with van der Waals surface area (Å²) in [6.07, 6.45) is 6.01. The van der Waals surface area contributed by atoms with Gasteiger partial charge in [0.05, 0.1) is 7.11 Å². The van der Waals surface area contributed by atoms with Gasteiger partial charge in [-0.3, -0.25) is 4.79 Å². The van der Waals surface area contributed by atoms with Gasteiger partial charge in [0.25, 0.3) is 0 Å². The lowest BCUT2D eigenvalue weighted by molar-refractivity contribution is 0.0859. The minimum atomic E-state index is 0.127. The second-order valence-electron chi connectivity index (χ2n) is 4.89. The van der Waals surface area contributed by atoms with E-state index in [4.69, 9.17) is 4.74 Å². The van der Waals surface area contributed by atoms with Gasteiger partial charge in [0.1, 0.15) is 11.4 Å². The summed E-state index contributed by atoms with van der Waals surface area (Å²) in [7, 11) is 1.58. The van der Waals surface area contributed by atoms with Crippen LogP contribution in [0.4, 0.5) is 0 Å². The Morgan fingerprint density at radius 1 is 1.47 bits per heavy atom. The van der Waals surface area contributed by atoms with Gasteiger partial charge in [-0.15, -0.1) is 0 Å². The molecule has 1 aliphatic rings. The van der Waals surface area contributed by atoms with Crippen LogP contribution in [0.25, 0.3) is 0 Å². The molecule has 2 unspecified atom stereocenters. The third kappa shape index (κ3) is 2.65. The summed E-state index contributed by atoms with van der Waals surface area (Å²) in [5.41, 5.74) is 0.495. The highest BCUT2D eigenvalue weighted by atomic mass is 16.5. The Morgan fingerprint density at radius 2 is 2.29 bits per heavy atom. The van der Waals surface area contributed by atoms with Crippen LogP contribution in [0.3, 0.4) is 0 Å². The van der Waals surface area contributed by atoms with E-state index in [1.54, 1.807) is 25.4 Å². The lowest BCUT2D eigenvalue weighted by atomic mass is 9.79. The lowest BCUT2D eigenvalue weighted by Crippen LogP contribution is -2.23. The van der Waals surface area contributed by atoms with Gasteiger partial charge in [0, 0.05) is 12.1 Å². The maximum Gasteiger partial charge on any atom is 0.188 e. The number of hydrogen-bond acceptors (Lipinski definition) is 3. The average Bonchev–Trinajstić information content (AvgIpc) is 2.38. The van der Waals surface area contributed by atoms with E-state index in [9.17, 15) is 4.79 Å². The van der Waals surface area contributed by atoms with Crippen LogP contribution in [0, 0.1) is 11.8 Å². The van der Waals surface area contributed by atoms with Crippen molar-refractivity contribution in [2.24, 2.45) is 11.8 Å². The molecule has 1 aliphatic carbocycles. The first-order chi connectivity index (χ1) is 8.22. The van der Waals surface area contributed by atoms with Crippen LogP contribution in [0.1, 0.15) is 43.1 Å². The molecule has 1 heterocycles. The fraction of sp³-hybridized carbons (Fsp3) is 0.571. The molecule has 0 N–H and O–H groups in total. The van der Waals surface area contributed by atoms with Crippen molar-refractivity contribution < 1.29 is 9.53 Å². The fourth-order valence-corrected chi connectivity index (χ4v) is 2.61. The summed E-state index contributed by atoms with van der Waals surface area (Å²) in [5, 5.41) is 0. The van der Waals surface area contributed by atoms with Crippen LogP contribution in [0.2, 0.25) is 0 Å². The summed E-state index contributed by atoms with van der Waals surface area (Å²) in [5.74, 6) is 1.51. The molecule has 2 atom stereocenters. The van der Waals surface area contributed by atoms with E-state index in [-0.39, 0.29) is 11.7 Å². The largest absolute Gasteiger partial charge is 0.494 e. The molecule has 0 aliphatic heterocycles. The first kappa shape index (κ1) is 12.1. The SMILES string of the molecule is COc1cccnc1C(=O)C1CCCC(C)C1. The van der Waals surface area contributed by atoms with Crippen LogP contribution in [0.15, 0.2) is 18.3 Å². The van der Waals surface area contributed by atoms with Crippen LogP contribution in [0.5, 0.6) is 5.75 Å². The number of nitrogens with zero attached hydrogens (tertiary/aromatic N) is 1. The topological polar surface area (TPSA) is 39.2 Å². The van der Waals surface area contributed by atoms with Gasteiger partial charge in [-0.05, 0) is 30.9 Å². The van der Waals surface area contributed by atoms with E-state index < -0.39 is 0 Å². The number of methoxy groups -OCH3 is 1. The predicted octanol–water partition coefficient (Wildman–Crippen LogP) is 3.10. The summed E-state index contributed by atoms with van der Waals surface area (Å²) in [6, 6.07) is 3.59.